The molecule has 5 rings (SSSR count). The van der Waals surface area contributed by atoms with Crippen LogP contribution in [-0.2, 0) is 0 Å². The molecule has 2 atom stereocenters. The second-order valence-electron chi connectivity index (χ2n) is 7.66. The highest BCUT2D eigenvalue weighted by molar-refractivity contribution is 5.79. The second kappa shape index (κ2) is 5.21. The lowest BCUT2D eigenvalue weighted by molar-refractivity contribution is 0.561. The van der Waals surface area contributed by atoms with Gasteiger partial charge in [-0.1, -0.05) is 59.7 Å². The molecule has 3 aliphatic rings. The maximum atomic E-state index is 2.36. The summed E-state index contributed by atoms with van der Waals surface area (Å²) in [6.07, 6.45) is 5.06. The summed E-state index contributed by atoms with van der Waals surface area (Å²) in [5, 5.41) is 0. The lowest BCUT2D eigenvalue weighted by atomic mass is 9.78. The van der Waals surface area contributed by atoms with Crippen molar-refractivity contribution in [3.63, 3.8) is 0 Å². The molecule has 0 radical (unpaired) electrons. The van der Waals surface area contributed by atoms with E-state index in [1.807, 2.05) is 0 Å². The molecule has 0 heterocycles. The normalized spacial score (nSPS) is 24.9. The van der Waals surface area contributed by atoms with Gasteiger partial charge in [-0.3, -0.25) is 0 Å². The van der Waals surface area contributed by atoms with Crippen LogP contribution >= 0.6 is 0 Å². The Kier molecular flexibility index (Phi) is 3.10. The van der Waals surface area contributed by atoms with E-state index in [0.717, 1.165) is 0 Å². The number of hydrogen-bond acceptors (Lipinski definition) is 0. The summed E-state index contributed by atoms with van der Waals surface area (Å²) >= 11 is 0. The highest BCUT2D eigenvalue weighted by Crippen LogP contribution is 2.53. The SMILES string of the molecule is CC1=C2CCC3=C(C)c4ccccc4C3CCC2c2ccccc21. The zero-order valence-corrected chi connectivity index (χ0v) is 14.6. The van der Waals surface area contributed by atoms with E-state index in [2.05, 4.69) is 62.4 Å². The molecule has 0 aliphatic heterocycles. The van der Waals surface area contributed by atoms with Crippen LogP contribution in [-0.4, -0.2) is 0 Å². The van der Waals surface area contributed by atoms with Crippen molar-refractivity contribution in [1.82, 2.24) is 0 Å². The van der Waals surface area contributed by atoms with Crippen LogP contribution in [0.25, 0.3) is 11.1 Å². The molecule has 0 heteroatoms. The fourth-order valence-electron chi connectivity index (χ4n) is 5.51. The maximum absolute atomic E-state index is 2.36. The average molecular weight is 312 g/mol. The van der Waals surface area contributed by atoms with Gasteiger partial charge in [0, 0.05) is 11.8 Å². The molecule has 1 saturated carbocycles. The first kappa shape index (κ1) is 14.3. The molecule has 3 aliphatic carbocycles. The van der Waals surface area contributed by atoms with E-state index in [1.165, 1.54) is 36.8 Å². The highest BCUT2D eigenvalue weighted by atomic mass is 14.4. The minimum Gasteiger partial charge on any atom is -0.0619 e. The average Bonchev–Trinajstić information content (AvgIpc) is 3.01. The summed E-state index contributed by atoms with van der Waals surface area (Å²) in [4.78, 5) is 0. The van der Waals surface area contributed by atoms with Gasteiger partial charge in [0.1, 0.15) is 0 Å². The first-order valence-electron chi connectivity index (χ1n) is 9.33. The van der Waals surface area contributed by atoms with Crippen LogP contribution < -0.4 is 0 Å². The Morgan fingerprint density at radius 3 is 1.50 bits per heavy atom. The molecule has 2 unspecified atom stereocenters. The standard InChI is InChI=1S/C24H24/c1-15-17-7-3-5-9-21(17)23-13-14-24-20(12-11-19(15)23)16(2)18-8-4-6-10-22(18)24/h3-10,23-24H,11-14H2,1-2H3. The van der Waals surface area contributed by atoms with Crippen molar-refractivity contribution >= 4 is 11.1 Å². The Hall–Kier alpha value is -2.08. The van der Waals surface area contributed by atoms with Crippen LogP contribution in [0, 0.1) is 0 Å². The van der Waals surface area contributed by atoms with E-state index in [4.69, 9.17) is 0 Å². The monoisotopic (exact) mass is 312 g/mol. The van der Waals surface area contributed by atoms with E-state index in [1.54, 1.807) is 33.4 Å². The van der Waals surface area contributed by atoms with E-state index in [0.29, 0.717) is 11.8 Å². The van der Waals surface area contributed by atoms with Gasteiger partial charge in [0.15, 0.2) is 0 Å². The van der Waals surface area contributed by atoms with Crippen molar-refractivity contribution in [2.24, 2.45) is 0 Å². The summed E-state index contributed by atoms with van der Waals surface area (Å²) in [5.41, 5.74) is 12.7. The molecule has 120 valence electrons. The molecule has 0 aromatic heterocycles. The lowest BCUT2D eigenvalue weighted by Gasteiger charge is -2.26. The van der Waals surface area contributed by atoms with Gasteiger partial charge >= 0.3 is 0 Å². The largest absolute Gasteiger partial charge is 0.0619 e. The third kappa shape index (κ3) is 1.86. The van der Waals surface area contributed by atoms with Gasteiger partial charge in [0.05, 0.1) is 0 Å². The second-order valence-corrected chi connectivity index (χ2v) is 7.66. The fraction of sp³-hybridized carbons (Fsp3) is 0.333. The molecule has 2 aromatic carbocycles. The number of fused-ring (bicyclic) bond motifs is 6. The smallest absolute Gasteiger partial charge is 0.00605 e. The molecule has 1 fully saturated rings. The predicted molar refractivity (Wildman–Crippen MR) is 102 cm³/mol. The summed E-state index contributed by atoms with van der Waals surface area (Å²) < 4.78 is 0. The quantitative estimate of drug-likeness (QED) is 0.507. The van der Waals surface area contributed by atoms with E-state index >= 15 is 0 Å². The van der Waals surface area contributed by atoms with Crippen molar-refractivity contribution in [3.05, 3.63) is 81.9 Å². The number of allylic oxidation sites excluding steroid dienone is 4. The minimum atomic E-state index is 0.663. The van der Waals surface area contributed by atoms with Gasteiger partial charge in [-0.05, 0) is 72.9 Å². The van der Waals surface area contributed by atoms with Gasteiger partial charge < -0.3 is 0 Å². The predicted octanol–water partition coefficient (Wildman–Crippen LogP) is 6.70. The minimum absolute atomic E-state index is 0.663. The fourth-order valence-corrected chi connectivity index (χ4v) is 5.51. The maximum Gasteiger partial charge on any atom is 0.00605 e. The van der Waals surface area contributed by atoms with Crippen LogP contribution in [0.5, 0.6) is 0 Å². The van der Waals surface area contributed by atoms with Crippen molar-refractivity contribution in [3.8, 4) is 0 Å². The molecule has 0 spiro atoms. The first-order chi connectivity index (χ1) is 11.8. The summed E-state index contributed by atoms with van der Waals surface area (Å²) in [7, 11) is 0. The Morgan fingerprint density at radius 2 is 1.04 bits per heavy atom. The molecule has 0 saturated heterocycles. The van der Waals surface area contributed by atoms with Gasteiger partial charge in [0.2, 0.25) is 0 Å². The molecule has 2 aromatic rings. The number of rotatable bonds is 0. The van der Waals surface area contributed by atoms with Crippen molar-refractivity contribution < 1.29 is 0 Å². The summed E-state index contributed by atoms with van der Waals surface area (Å²) in [6.45, 7) is 4.69. The Morgan fingerprint density at radius 1 is 0.625 bits per heavy atom. The molecular weight excluding hydrogens is 288 g/mol. The van der Waals surface area contributed by atoms with Crippen molar-refractivity contribution in [1.29, 1.82) is 0 Å². The zero-order chi connectivity index (χ0) is 16.3. The molecule has 24 heavy (non-hydrogen) atoms. The molecule has 0 amide bonds. The lowest BCUT2D eigenvalue weighted by Crippen LogP contribution is -2.09. The van der Waals surface area contributed by atoms with E-state index in [9.17, 15) is 0 Å². The van der Waals surface area contributed by atoms with Gasteiger partial charge in [-0.2, -0.15) is 0 Å². The number of hydrogen-bond donors (Lipinski definition) is 0. The topological polar surface area (TPSA) is 0 Å². The Labute approximate surface area is 144 Å². The number of benzene rings is 2. The highest BCUT2D eigenvalue weighted by Gasteiger charge is 2.35. The van der Waals surface area contributed by atoms with Crippen molar-refractivity contribution in [2.45, 2.75) is 51.4 Å². The molecule has 0 bridgehead atoms. The van der Waals surface area contributed by atoms with Gasteiger partial charge in [0.25, 0.3) is 0 Å². The van der Waals surface area contributed by atoms with Crippen LogP contribution in [0.3, 0.4) is 0 Å². The molecule has 0 N–H and O–H groups in total. The van der Waals surface area contributed by atoms with Crippen LogP contribution in [0.4, 0.5) is 0 Å². The van der Waals surface area contributed by atoms with Crippen LogP contribution in [0.1, 0.15) is 73.6 Å². The van der Waals surface area contributed by atoms with E-state index < -0.39 is 0 Å². The Bertz CT molecular complexity index is 818. The third-order valence-electron chi connectivity index (χ3n) is 6.69. The first-order valence-corrected chi connectivity index (χ1v) is 9.33. The molecular formula is C24H24. The van der Waals surface area contributed by atoms with Gasteiger partial charge in [-0.25, -0.2) is 0 Å². The third-order valence-corrected chi connectivity index (χ3v) is 6.69. The summed E-state index contributed by atoms with van der Waals surface area (Å²) in [6, 6.07) is 18.2. The van der Waals surface area contributed by atoms with Gasteiger partial charge in [-0.15, -0.1) is 0 Å². The zero-order valence-electron chi connectivity index (χ0n) is 14.6. The molecule has 0 nitrogen and oxygen atoms in total. The van der Waals surface area contributed by atoms with E-state index in [-0.39, 0.29) is 0 Å². The van der Waals surface area contributed by atoms with Crippen molar-refractivity contribution in [2.75, 3.05) is 0 Å². The Balaban J connectivity index is 1.58. The summed E-state index contributed by atoms with van der Waals surface area (Å²) in [5.74, 6) is 1.33. The van der Waals surface area contributed by atoms with Crippen LogP contribution in [0.2, 0.25) is 0 Å². The van der Waals surface area contributed by atoms with Crippen LogP contribution in [0.15, 0.2) is 59.7 Å².